The number of halogens is 1. The van der Waals surface area contributed by atoms with E-state index in [0.717, 1.165) is 5.56 Å². The van der Waals surface area contributed by atoms with Gasteiger partial charge in [0.25, 0.3) is 5.91 Å². The van der Waals surface area contributed by atoms with Gasteiger partial charge in [0.05, 0.1) is 4.91 Å². The molecule has 1 aliphatic rings. The lowest BCUT2D eigenvalue weighted by Crippen LogP contribution is -2.27. The lowest BCUT2D eigenvalue weighted by atomic mass is 10.2. The number of benzene rings is 1. The van der Waals surface area contributed by atoms with Crippen molar-refractivity contribution >= 4 is 40.3 Å². The van der Waals surface area contributed by atoms with Crippen LogP contribution in [0.25, 0.3) is 6.08 Å². The summed E-state index contributed by atoms with van der Waals surface area (Å²) < 4.78 is 13.3. The summed E-state index contributed by atoms with van der Waals surface area (Å²) in [7, 11) is 0. The van der Waals surface area contributed by atoms with E-state index in [1.165, 1.54) is 23.9 Å². The van der Waals surface area contributed by atoms with Gasteiger partial charge in [0.2, 0.25) is 0 Å². The number of hydrogen-bond acceptors (Lipinski definition) is 3. The second-order valence-electron chi connectivity index (χ2n) is 3.48. The van der Waals surface area contributed by atoms with Crippen molar-refractivity contribution in [1.29, 1.82) is 0 Å². The van der Waals surface area contributed by atoms with Crippen LogP contribution in [0.5, 0.6) is 0 Å². The van der Waals surface area contributed by atoms with Gasteiger partial charge in [-0.15, -0.1) is 0 Å². The van der Waals surface area contributed by atoms with Crippen molar-refractivity contribution in [2.24, 2.45) is 0 Å². The molecule has 0 spiro atoms. The average Bonchev–Trinajstić information content (AvgIpc) is 2.57. The maximum absolute atomic E-state index is 12.7. The van der Waals surface area contributed by atoms with Crippen LogP contribution in [-0.2, 0) is 4.79 Å². The Bertz CT molecular complexity index is 496. The quantitative estimate of drug-likeness (QED) is 0.607. The molecule has 0 radical (unpaired) electrons. The number of likely N-dealkylation sites (N-methyl/N-ethyl adjacent to an activating group) is 1. The van der Waals surface area contributed by atoms with Crippen LogP contribution in [0.1, 0.15) is 12.5 Å². The van der Waals surface area contributed by atoms with Gasteiger partial charge in [0, 0.05) is 6.54 Å². The van der Waals surface area contributed by atoms with E-state index in [9.17, 15) is 9.18 Å². The maximum Gasteiger partial charge on any atom is 0.266 e. The Labute approximate surface area is 108 Å². The molecule has 1 heterocycles. The first-order valence-corrected chi connectivity index (χ1v) is 6.35. The molecule has 1 amide bonds. The molecule has 5 heteroatoms. The number of rotatable bonds is 2. The van der Waals surface area contributed by atoms with E-state index in [-0.39, 0.29) is 11.7 Å². The van der Waals surface area contributed by atoms with E-state index in [4.69, 9.17) is 12.2 Å². The molecule has 0 bridgehead atoms. The Morgan fingerprint density at radius 3 is 2.59 bits per heavy atom. The van der Waals surface area contributed by atoms with Crippen LogP contribution in [-0.4, -0.2) is 21.7 Å². The van der Waals surface area contributed by atoms with Crippen molar-refractivity contribution in [3.8, 4) is 0 Å². The summed E-state index contributed by atoms with van der Waals surface area (Å²) in [4.78, 5) is 14.0. The third-order valence-corrected chi connectivity index (χ3v) is 3.74. The highest BCUT2D eigenvalue weighted by Gasteiger charge is 2.30. The van der Waals surface area contributed by atoms with Crippen LogP contribution in [0.3, 0.4) is 0 Å². The summed E-state index contributed by atoms with van der Waals surface area (Å²) in [6, 6.07) is 6.00. The van der Waals surface area contributed by atoms with Crippen LogP contribution < -0.4 is 0 Å². The smallest absolute Gasteiger partial charge is 0.266 e. The SMILES string of the molecule is CCN1C(=O)/C(=C/c2ccc(F)cc2)SC1=S. The molecule has 1 fully saturated rings. The molecule has 0 atom stereocenters. The summed E-state index contributed by atoms with van der Waals surface area (Å²) >= 11 is 6.38. The van der Waals surface area contributed by atoms with E-state index in [0.29, 0.717) is 15.8 Å². The number of carbonyl (C=O) groups is 1. The number of amides is 1. The molecule has 0 N–H and O–H groups in total. The highest BCUT2D eigenvalue weighted by atomic mass is 32.2. The molecule has 88 valence electrons. The number of thioether (sulfide) groups is 1. The summed E-state index contributed by atoms with van der Waals surface area (Å²) in [6.07, 6.45) is 1.73. The van der Waals surface area contributed by atoms with Gasteiger partial charge in [-0.2, -0.15) is 0 Å². The van der Waals surface area contributed by atoms with Gasteiger partial charge in [0.1, 0.15) is 10.1 Å². The first-order valence-electron chi connectivity index (χ1n) is 5.12. The lowest BCUT2D eigenvalue weighted by molar-refractivity contribution is -0.121. The Hall–Kier alpha value is -1.20. The summed E-state index contributed by atoms with van der Waals surface area (Å²) in [6.45, 7) is 2.46. The maximum atomic E-state index is 12.7. The zero-order valence-corrected chi connectivity index (χ0v) is 10.8. The van der Waals surface area contributed by atoms with Crippen LogP contribution in [0.2, 0.25) is 0 Å². The van der Waals surface area contributed by atoms with E-state index >= 15 is 0 Å². The second kappa shape index (κ2) is 4.98. The van der Waals surface area contributed by atoms with Crippen molar-refractivity contribution in [3.63, 3.8) is 0 Å². The molecule has 0 aromatic heterocycles. The van der Waals surface area contributed by atoms with Gasteiger partial charge < -0.3 is 0 Å². The van der Waals surface area contributed by atoms with Gasteiger partial charge in [-0.3, -0.25) is 9.69 Å². The first-order chi connectivity index (χ1) is 8.11. The van der Waals surface area contributed by atoms with Crippen molar-refractivity contribution in [2.75, 3.05) is 6.54 Å². The topological polar surface area (TPSA) is 20.3 Å². The fourth-order valence-electron chi connectivity index (χ4n) is 1.48. The third kappa shape index (κ3) is 2.56. The monoisotopic (exact) mass is 267 g/mol. The molecule has 2 rings (SSSR count). The highest BCUT2D eigenvalue weighted by molar-refractivity contribution is 8.26. The zero-order chi connectivity index (χ0) is 12.4. The molecule has 1 saturated heterocycles. The number of carbonyl (C=O) groups excluding carboxylic acids is 1. The van der Waals surface area contributed by atoms with Crippen molar-refractivity contribution < 1.29 is 9.18 Å². The van der Waals surface area contributed by atoms with Crippen molar-refractivity contribution in [2.45, 2.75) is 6.92 Å². The Balaban J connectivity index is 2.27. The van der Waals surface area contributed by atoms with Crippen LogP contribution >= 0.6 is 24.0 Å². The minimum atomic E-state index is -0.289. The van der Waals surface area contributed by atoms with E-state index < -0.39 is 0 Å². The van der Waals surface area contributed by atoms with Crippen molar-refractivity contribution in [3.05, 3.63) is 40.6 Å². The summed E-state index contributed by atoms with van der Waals surface area (Å²) in [5.74, 6) is -0.366. The van der Waals surface area contributed by atoms with Gasteiger partial charge in [-0.25, -0.2) is 4.39 Å². The Morgan fingerprint density at radius 2 is 2.06 bits per heavy atom. The van der Waals surface area contributed by atoms with E-state index in [1.807, 2.05) is 6.92 Å². The normalized spacial score (nSPS) is 18.2. The average molecular weight is 267 g/mol. The Kier molecular flexibility index (Phi) is 3.59. The predicted octanol–water partition coefficient (Wildman–Crippen LogP) is 3.05. The van der Waals surface area contributed by atoms with E-state index in [2.05, 4.69) is 0 Å². The molecule has 0 saturated carbocycles. The highest BCUT2D eigenvalue weighted by Crippen LogP contribution is 2.32. The number of thiocarbonyl (C=S) groups is 1. The minimum absolute atomic E-state index is 0.0770. The van der Waals surface area contributed by atoms with Crippen LogP contribution in [0.4, 0.5) is 4.39 Å². The van der Waals surface area contributed by atoms with Crippen molar-refractivity contribution in [1.82, 2.24) is 4.90 Å². The predicted molar refractivity (Wildman–Crippen MR) is 72.0 cm³/mol. The van der Waals surface area contributed by atoms with E-state index in [1.54, 1.807) is 23.1 Å². The first kappa shape index (κ1) is 12.3. The standard InChI is InChI=1S/C12H10FNOS2/c1-2-14-11(15)10(17-12(14)16)7-8-3-5-9(13)6-4-8/h3-7H,2H2,1H3/b10-7-. The fraction of sp³-hybridized carbons (Fsp3) is 0.167. The molecule has 1 aliphatic heterocycles. The summed E-state index contributed by atoms with van der Waals surface area (Å²) in [5.41, 5.74) is 0.794. The number of hydrogen-bond donors (Lipinski definition) is 0. The van der Waals surface area contributed by atoms with Gasteiger partial charge in [-0.1, -0.05) is 36.1 Å². The van der Waals surface area contributed by atoms with Crippen LogP contribution in [0.15, 0.2) is 29.2 Å². The van der Waals surface area contributed by atoms with Gasteiger partial charge in [0.15, 0.2) is 0 Å². The molecule has 2 nitrogen and oxygen atoms in total. The molecule has 1 aromatic rings. The Morgan fingerprint density at radius 1 is 1.41 bits per heavy atom. The molecule has 17 heavy (non-hydrogen) atoms. The molecule has 0 aliphatic carbocycles. The molecular weight excluding hydrogens is 257 g/mol. The van der Waals surface area contributed by atoms with Gasteiger partial charge >= 0.3 is 0 Å². The van der Waals surface area contributed by atoms with Crippen LogP contribution in [0, 0.1) is 5.82 Å². The third-order valence-electron chi connectivity index (χ3n) is 2.36. The zero-order valence-electron chi connectivity index (χ0n) is 9.14. The fourth-order valence-corrected chi connectivity index (χ4v) is 2.87. The van der Waals surface area contributed by atoms with Gasteiger partial charge in [-0.05, 0) is 30.7 Å². The lowest BCUT2D eigenvalue weighted by Gasteiger charge is -2.09. The largest absolute Gasteiger partial charge is 0.293 e. The molecular formula is C12H10FNOS2. The molecule has 1 aromatic carbocycles. The molecule has 0 unspecified atom stereocenters. The number of nitrogens with zero attached hydrogens (tertiary/aromatic N) is 1. The minimum Gasteiger partial charge on any atom is -0.293 e. The second-order valence-corrected chi connectivity index (χ2v) is 5.15. The summed E-state index contributed by atoms with van der Waals surface area (Å²) in [5, 5.41) is 0.